The molecule has 3 heteroatoms. The van der Waals surface area contributed by atoms with E-state index in [0.717, 1.165) is 23.7 Å². The van der Waals surface area contributed by atoms with E-state index in [0.29, 0.717) is 11.5 Å². The van der Waals surface area contributed by atoms with Gasteiger partial charge in [-0.3, -0.25) is 0 Å². The summed E-state index contributed by atoms with van der Waals surface area (Å²) in [6, 6.07) is 0. The maximum atomic E-state index is 11.9. The van der Waals surface area contributed by atoms with Crippen LogP contribution in [-0.4, -0.2) is 18.4 Å². The molecule has 4 saturated carbocycles. The summed E-state index contributed by atoms with van der Waals surface area (Å²) >= 11 is 0. The summed E-state index contributed by atoms with van der Waals surface area (Å²) in [7, 11) is 0. The number of carbonyl (C=O) groups excluding carboxylic acids is 1. The molecule has 4 rings (SSSR count). The van der Waals surface area contributed by atoms with E-state index in [4.69, 9.17) is 9.47 Å². The summed E-state index contributed by atoms with van der Waals surface area (Å²) in [6.45, 7) is 11.6. The Morgan fingerprint density at radius 2 is 1.52 bits per heavy atom. The van der Waals surface area contributed by atoms with Gasteiger partial charge in [0.05, 0.1) is 6.10 Å². The Bertz CT molecular complexity index is 440. The number of esters is 1. The summed E-state index contributed by atoms with van der Waals surface area (Å²) in [6.07, 6.45) is 6.74. The molecule has 0 aromatic heterocycles. The Labute approximate surface area is 140 Å². The maximum Gasteiger partial charge on any atom is 0.335 e. The van der Waals surface area contributed by atoms with Gasteiger partial charge >= 0.3 is 5.97 Å². The van der Waals surface area contributed by atoms with Gasteiger partial charge in [-0.15, -0.1) is 0 Å². The quantitative estimate of drug-likeness (QED) is 0.409. The first-order chi connectivity index (χ1) is 10.8. The van der Waals surface area contributed by atoms with Crippen LogP contribution in [0.3, 0.4) is 0 Å². The van der Waals surface area contributed by atoms with Gasteiger partial charge in [0.1, 0.15) is 0 Å². The van der Waals surface area contributed by atoms with E-state index in [1.807, 2.05) is 13.8 Å². The zero-order valence-electron chi connectivity index (χ0n) is 15.1. The molecule has 4 bridgehead atoms. The zero-order chi connectivity index (χ0) is 16.7. The molecule has 2 unspecified atom stereocenters. The van der Waals surface area contributed by atoms with Gasteiger partial charge in [-0.1, -0.05) is 20.4 Å². The van der Waals surface area contributed by atoms with Crippen molar-refractivity contribution in [3.63, 3.8) is 0 Å². The van der Waals surface area contributed by atoms with Gasteiger partial charge in [-0.2, -0.15) is 0 Å². The second kappa shape index (κ2) is 6.58. The van der Waals surface area contributed by atoms with Crippen molar-refractivity contribution in [1.29, 1.82) is 0 Å². The smallest absolute Gasteiger partial charge is 0.335 e. The number of hydrogen-bond donors (Lipinski definition) is 0. The molecule has 4 aliphatic carbocycles. The van der Waals surface area contributed by atoms with E-state index in [9.17, 15) is 4.79 Å². The molecule has 4 fully saturated rings. The first-order valence-corrected chi connectivity index (χ1v) is 9.37. The molecule has 0 aliphatic heterocycles. The van der Waals surface area contributed by atoms with Gasteiger partial charge in [0.15, 0.2) is 0 Å². The van der Waals surface area contributed by atoms with Crippen LogP contribution in [0.15, 0.2) is 12.2 Å². The lowest BCUT2D eigenvalue weighted by molar-refractivity contribution is -0.216. The average Bonchev–Trinajstić information content (AvgIpc) is 2.44. The molecule has 0 N–H and O–H groups in total. The Morgan fingerprint density at radius 3 is 1.96 bits per heavy atom. The van der Waals surface area contributed by atoms with E-state index in [1.165, 1.54) is 32.1 Å². The fourth-order valence-electron chi connectivity index (χ4n) is 5.56. The minimum atomic E-state index is -0.466. The molecule has 0 radical (unpaired) electrons. The highest BCUT2D eigenvalue weighted by molar-refractivity contribution is 5.87. The molecule has 23 heavy (non-hydrogen) atoms. The highest BCUT2D eigenvalue weighted by atomic mass is 16.7. The molecule has 0 aromatic carbocycles. The molecule has 4 aliphatic rings. The largest absolute Gasteiger partial charge is 0.432 e. The van der Waals surface area contributed by atoms with E-state index < -0.39 is 6.29 Å². The molecule has 0 amide bonds. The van der Waals surface area contributed by atoms with Crippen molar-refractivity contribution in [2.75, 3.05) is 0 Å². The van der Waals surface area contributed by atoms with Gasteiger partial charge < -0.3 is 9.47 Å². The minimum absolute atomic E-state index is 0.151. The van der Waals surface area contributed by atoms with Crippen LogP contribution in [0.5, 0.6) is 0 Å². The molecular weight excluding hydrogens is 288 g/mol. The van der Waals surface area contributed by atoms with Crippen molar-refractivity contribution in [1.82, 2.24) is 0 Å². The van der Waals surface area contributed by atoms with E-state index in [1.54, 1.807) is 6.92 Å². The van der Waals surface area contributed by atoms with Gasteiger partial charge in [-0.25, -0.2) is 4.79 Å². The number of hydrogen-bond acceptors (Lipinski definition) is 3. The lowest BCUT2D eigenvalue weighted by atomic mass is 9.51. The van der Waals surface area contributed by atoms with Crippen molar-refractivity contribution < 1.29 is 14.3 Å². The summed E-state index contributed by atoms with van der Waals surface area (Å²) in [4.78, 5) is 11.9. The van der Waals surface area contributed by atoms with Gasteiger partial charge in [0.25, 0.3) is 0 Å². The van der Waals surface area contributed by atoms with Crippen LogP contribution in [0.2, 0.25) is 0 Å². The summed E-state index contributed by atoms with van der Waals surface area (Å²) < 4.78 is 11.8. The second-order valence-corrected chi connectivity index (χ2v) is 8.65. The van der Waals surface area contributed by atoms with E-state index in [2.05, 4.69) is 13.5 Å². The average molecular weight is 320 g/mol. The van der Waals surface area contributed by atoms with Crippen LogP contribution in [-0.2, 0) is 14.3 Å². The van der Waals surface area contributed by atoms with Crippen LogP contribution < -0.4 is 0 Å². The van der Waals surface area contributed by atoms with Crippen molar-refractivity contribution in [2.45, 2.75) is 72.2 Å². The molecule has 2 atom stereocenters. The predicted molar refractivity (Wildman–Crippen MR) is 90.6 cm³/mol. The van der Waals surface area contributed by atoms with Crippen LogP contribution in [0.4, 0.5) is 0 Å². The molecule has 3 nitrogen and oxygen atoms in total. The zero-order valence-corrected chi connectivity index (χ0v) is 15.1. The van der Waals surface area contributed by atoms with Crippen LogP contribution in [0.1, 0.15) is 59.8 Å². The first-order valence-electron chi connectivity index (χ1n) is 9.37. The Hall–Kier alpha value is -0.830. The second-order valence-electron chi connectivity index (χ2n) is 8.65. The fraction of sp³-hybridized carbons (Fsp3) is 0.850. The Morgan fingerprint density at radius 1 is 1.00 bits per heavy atom. The van der Waals surface area contributed by atoms with Gasteiger partial charge in [0.2, 0.25) is 6.29 Å². The third kappa shape index (κ3) is 3.50. The summed E-state index contributed by atoms with van der Waals surface area (Å²) in [5, 5.41) is 0. The first kappa shape index (κ1) is 17.0. The number of carbonyl (C=O) groups is 1. The molecule has 0 heterocycles. The molecule has 0 spiro atoms. The van der Waals surface area contributed by atoms with Crippen LogP contribution in [0, 0.1) is 35.5 Å². The van der Waals surface area contributed by atoms with Gasteiger partial charge in [-0.05, 0) is 75.5 Å². The van der Waals surface area contributed by atoms with Crippen molar-refractivity contribution in [3.8, 4) is 0 Å². The topological polar surface area (TPSA) is 35.5 Å². The SMILES string of the molecule is C=C(C)C(=O)OC(OC(C)C1C2CC3CC(C2)CC1C3)C(C)C. The minimum Gasteiger partial charge on any atom is -0.432 e. The van der Waals surface area contributed by atoms with E-state index >= 15 is 0 Å². The Balaban J connectivity index is 1.63. The lowest BCUT2D eigenvalue weighted by Gasteiger charge is -2.56. The van der Waals surface area contributed by atoms with Crippen LogP contribution >= 0.6 is 0 Å². The van der Waals surface area contributed by atoms with Gasteiger partial charge in [0, 0.05) is 11.5 Å². The number of ether oxygens (including phenoxy) is 2. The number of rotatable bonds is 6. The predicted octanol–water partition coefficient (Wildman–Crippen LogP) is 4.57. The maximum absolute atomic E-state index is 11.9. The third-order valence-electron chi connectivity index (χ3n) is 6.31. The van der Waals surface area contributed by atoms with Crippen LogP contribution in [0.25, 0.3) is 0 Å². The summed E-state index contributed by atoms with van der Waals surface area (Å²) in [5.41, 5.74) is 0.432. The normalized spacial score (nSPS) is 37.7. The van der Waals surface area contributed by atoms with Crippen molar-refractivity contribution in [3.05, 3.63) is 12.2 Å². The summed E-state index contributed by atoms with van der Waals surface area (Å²) in [5.74, 6) is 4.05. The molecule has 0 aromatic rings. The van der Waals surface area contributed by atoms with Crippen molar-refractivity contribution >= 4 is 5.97 Å². The molecule has 130 valence electrons. The third-order valence-corrected chi connectivity index (χ3v) is 6.31. The monoisotopic (exact) mass is 320 g/mol. The van der Waals surface area contributed by atoms with E-state index in [-0.39, 0.29) is 18.0 Å². The Kier molecular flexibility index (Phi) is 4.87. The lowest BCUT2D eigenvalue weighted by Crippen LogP contribution is -2.50. The fourth-order valence-corrected chi connectivity index (χ4v) is 5.56. The molecular formula is C20H32O3. The highest BCUT2D eigenvalue weighted by Gasteiger charge is 2.50. The standard InChI is InChI=1S/C20H32O3/c1-11(2)19(21)23-20(12(3)4)22-13(5)18-16-7-14-6-15(9-16)10-17(18)8-14/h12-18,20H,1,6-10H2,2-5H3. The molecule has 0 saturated heterocycles. The highest BCUT2D eigenvalue weighted by Crippen LogP contribution is 2.57. The van der Waals surface area contributed by atoms with Crippen molar-refractivity contribution in [2.24, 2.45) is 35.5 Å².